The Bertz CT molecular complexity index is 611. The molecule has 1 aliphatic heterocycles. The third-order valence-electron chi connectivity index (χ3n) is 4.52. The van der Waals surface area contributed by atoms with Crippen LogP contribution in [0, 0.1) is 12.3 Å². The molecule has 5 nitrogen and oxygen atoms in total. The maximum Gasteiger partial charge on any atom is 0.410 e. The van der Waals surface area contributed by atoms with Crippen LogP contribution in [0.4, 0.5) is 4.79 Å². The summed E-state index contributed by atoms with van der Waals surface area (Å²) in [5.74, 6) is -0.284. The summed E-state index contributed by atoms with van der Waals surface area (Å²) < 4.78 is 5.41. The van der Waals surface area contributed by atoms with Crippen LogP contribution in [0.3, 0.4) is 0 Å². The molecule has 1 aliphatic rings. The van der Waals surface area contributed by atoms with E-state index >= 15 is 0 Å². The van der Waals surface area contributed by atoms with Crippen LogP contribution >= 0.6 is 0 Å². The van der Waals surface area contributed by atoms with Crippen molar-refractivity contribution in [3.8, 4) is 0 Å². The molecule has 132 valence electrons. The number of primary amides is 1. The Morgan fingerprint density at radius 3 is 2.38 bits per heavy atom. The van der Waals surface area contributed by atoms with Gasteiger partial charge in [-0.25, -0.2) is 4.79 Å². The summed E-state index contributed by atoms with van der Waals surface area (Å²) in [6, 6.07) is 8.14. The highest BCUT2D eigenvalue weighted by molar-refractivity contribution is 5.81. The Morgan fingerprint density at radius 1 is 1.25 bits per heavy atom. The van der Waals surface area contributed by atoms with E-state index in [1.54, 1.807) is 4.90 Å². The molecule has 1 aromatic carbocycles. The van der Waals surface area contributed by atoms with Gasteiger partial charge in [0.05, 0.1) is 5.41 Å². The minimum absolute atomic E-state index is 0.284. The van der Waals surface area contributed by atoms with Crippen molar-refractivity contribution in [3.05, 3.63) is 35.4 Å². The number of aryl methyl sites for hydroxylation is 1. The molecule has 0 saturated carbocycles. The van der Waals surface area contributed by atoms with E-state index in [2.05, 4.69) is 6.07 Å². The van der Waals surface area contributed by atoms with Crippen LogP contribution in [-0.2, 0) is 16.0 Å². The number of piperidine rings is 1. The van der Waals surface area contributed by atoms with Crippen LogP contribution in [0.1, 0.15) is 44.7 Å². The number of nitrogens with two attached hydrogens (primary N) is 1. The second-order valence-electron chi connectivity index (χ2n) is 7.78. The van der Waals surface area contributed by atoms with E-state index < -0.39 is 11.0 Å². The number of amides is 2. The van der Waals surface area contributed by atoms with Crippen molar-refractivity contribution in [2.45, 2.75) is 52.6 Å². The molecule has 0 aromatic heterocycles. The van der Waals surface area contributed by atoms with Gasteiger partial charge in [0, 0.05) is 13.1 Å². The summed E-state index contributed by atoms with van der Waals surface area (Å²) in [5, 5.41) is 0. The van der Waals surface area contributed by atoms with Crippen molar-refractivity contribution in [3.63, 3.8) is 0 Å². The smallest absolute Gasteiger partial charge is 0.410 e. The molecule has 1 fully saturated rings. The van der Waals surface area contributed by atoms with Crippen LogP contribution in [0.2, 0.25) is 0 Å². The number of carbonyl (C=O) groups is 2. The van der Waals surface area contributed by atoms with Crippen molar-refractivity contribution >= 4 is 12.0 Å². The summed E-state index contributed by atoms with van der Waals surface area (Å²) in [6.07, 6.45) is 1.42. The van der Waals surface area contributed by atoms with E-state index in [0.717, 1.165) is 5.56 Å². The molecule has 0 atom stereocenters. The molecule has 2 N–H and O–H groups in total. The molecule has 0 unspecified atom stereocenters. The average Bonchev–Trinajstić information content (AvgIpc) is 2.46. The molecular weight excluding hydrogens is 304 g/mol. The van der Waals surface area contributed by atoms with Crippen molar-refractivity contribution in [1.82, 2.24) is 4.90 Å². The van der Waals surface area contributed by atoms with Crippen molar-refractivity contribution in [1.29, 1.82) is 0 Å². The molecular formula is C19H28N2O3. The monoisotopic (exact) mass is 332 g/mol. The van der Waals surface area contributed by atoms with Crippen LogP contribution in [0.25, 0.3) is 0 Å². The van der Waals surface area contributed by atoms with E-state index in [-0.39, 0.29) is 12.0 Å². The second-order valence-corrected chi connectivity index (χ2v) is 7.78. The Labute approximate surface area is 144 Å². The van der Waals surface area contributed by atoms with Gasteiger partial charge >= 0.3 is 6.09 Å². The van der Waals surface area contributed by atoms with Crippen LogP contribution in [0.5, 0.6) is 0 Å². The Hall–Kier alpha value is -2.04. The van der Waals surface area contributed by atoms with Gasteiger partial charge in [-0.15, -0.1) is 0 Å². The summed E-state index contributed by atoms with van der Waals surface area (Å²) in [5.41, 5.74) is 6.91. The quantitative estimate of drug-likeness (QED) is 0.924. The maximum absolute atomic E-state index is 12.2. The SMILES string of the molecule is Cc1cccc(CC2(C(N)=O)CCN(C(=O)OC(C)(C)C)CC2)c1. The van der Waals surface area contributed by atoms with Gasteiger partial charge in [0.25, 0.3) is 0 Å². The highest BCUT2D eigenvalue weighted by atomic mass is 16.6. The lowest BCUT2D eigenvalue weighted by atomic mass is 9.73. The number of hydrogen-bond donors (Lipinski definition) is 1. The third kappa shape index (κ3) is 4.49. The molecule has 1 aromatic rings. The fraction of sp³-hybridized carbons (Fsp3) is 0.579. The first kappa shape index (κ1) is 18.3. The van der Waals surface area contributed by atoms with Gasteiger partial charge in [-0.05, 0) is 52.5 Å². The van der Waals surface area contributed by atoms with E-state index in [1.165, 1.54) is 5.56 Å². The third-order valence-corrected chi connectivity index (χ3v) is 4.52. The molecule has 0 radical (unpaired) electrons. The van der Waals surface area contributed by atoms with Crippen LogP contribution < -0.4 is 5.73 Å². The summed E-state index contributed by atoms with van der Waals surface area (Å²) in [7, 11) is 0. The molecule has 0 spiro atoms. The Kier molecular flexibility index (Phi) is 5.21. The zero-order chi connectivity index (χ0) is 18.0. The standard InChI is InChI=1S/C19H28N2O3/c1-14-6-5-7-15(12-14)13-19(16(20)22)8-10-21(11-9-19)17(23)24-18(2,3)4/h5-7,12H,8-11,13H2,1-4H3,(H2,20,22). The molecule has 24 heavy (non-hydrogen) atoms. The van der Waals surface area contributed by atoms with Crippen LogP contribution in [0.15, 0.2) is 24.3 Å². The predicted octanol–water partition coefficient (Wildman–Crippen LogP) is 3.04. The number of ether oxygens (including phenoxy) is 1. The summed E-state index contributed by atoms with van der Waals surface area (Å²) in [6.45, 7) is 8.56. The van der Waals surface area contributed by atoms with Gasteiger partial charge in [-0.3, -0.25) is 4.79 Å². The molecule has 1 heterocycles. The van der Waals surface area contributed by atoms with Gasteiger partial charge in [0.15, 0.2) is 0 Å². The summed E-state index contributed by atoms with van der Waals surface area (Å²) in [4.78, 5) is 26.0. The highest BCUT2D eigenvalue weighted by Gasteiger charge is 2.41. The van der Waals surface area contributed by atoms with E-state index in [4.69, 9.17) is 10.5 Å². The normalized spacial score (nSPS) is 17.4. The van der Waals surface area contributed by atoms with Gasteiger partial charge in [-0.2, -0.15) is 0 Å². The molecule has 5 heteroatoms. The van der Waals surface area contributed by atoms with Crippen LogP contribution in [-0.4, -0.2) is 35.6 Å². The number of benzene rings is 1. The Morgan fingerprint density at radius 2 is 1.88 bits per heavy atom. The number of rotatable bonds is 3. The second kappa shape index (κ2) is 6.83. The van der Waals surface area contributed by atoms with Crippen molar-refractivity contribution < 1.29 is 14.3 Å². The number of likely N-dealkylation sites (tertiary alicyclic amines) is 1. The molecule has 2 rings (SSSR count). The molecule has 2 amide bonds. The van der Waals surface area contributed by atoms with Crippen molar-refractivity contribution in [2.24, 2.45) is 11.1 Å². The number of nitrogens with zero attached hydrogens (tertiary/aromatic N) is 1. The van der Waals surface area contributed by atoms with E-state index in [9.17, 15) is 9.59 Å². The first-order valence-corrected chi connectivity index (χ1v) is 8.45. The fourth-order valence-corrected chi connectivity index (χ4v) is 3.17. The zero-order valence-corrected chi connectivity index (χ0v) is 15.1. The minimum Gasteiger partial charge on any atom is -0.444 e. The first-order valence-electron chi connectivity index (χ1n) is 8.45. The zero-order valence-electron chi connectivity index (χ0n) is 15.1. The molecule has 1 saturated heterocycles. The predicted molar refractivity (Wildman–Crippen MR) is 93.6 cm³/mol. The first-order chi connectivity index (χ1) is 11.1. The minimum atomic E-state index is -0.591. The molecule has 0 bridgehead atoms. The highest BCUT2D eigenvalue weighted by Crippen LogP contribution is 2.35. The van der Waals surface area contributed by atoms with E-state index in [0.29, 0.717) is 32.4 Å². The van der Waals surface area contributed by atoms with Crippen molar-refractivity contribution in [2.75, 3.05) is 13.1 Å². The largest absolute Gasteiger partial charge is 0.444 e. The lowest BCUT2D eigenvalue weighted by molar-refractivity contribution is -0.130. The topological polar surface area (TPSA) is 72.6 Å². The average molecular weight is 332 g/mol. The van der Waals surface area contributed by atoms with Gasteiger partial charge in [-0.1, -0.05) is 29.8 Å². The molecule has 0 aliphatic carbocycles. The number of carbonyl (C=O) groups excluding carboxylic acids is 2. The lowest BCUT2D eigenvalue weighted by Gasteiger charge is -2.40. The Balaban J connectivity index is 2.06. The summed E-state index contributed by atoms with van der Waals surface area (Å²) >= 11 is 0. The number of hydrogen-bond acceptors (Lipinski definition) is 3. The lowest BCUT2D eigenvalue weighted by Crippen LogP contribution is -2.50. The van der Waals surface area contributed by atoms with Gasteiger partial charge in [0.1, 0.15) is 5.60 Å². The van der Waals surface area contributed by atoms with E-state index in [1.807, 2.05) is 45.9 Å². The fourth-order valence-electron chi connectivity index (χ4n) is 3.17. The van der Waals surface area contributed by atoms with Gasteiger partial charge < -0.3 is 15.4 Å². The maximum atomic E-state index is 12.2. The van der Waals surface area contributed by atoms with Gasteiger partial charge in [0.2, 0.25) is 5.91 Å².